The average Bonchev–Trinajstić information content (AvgIpc) is 2.05. The number of carboxylic acid groups (broad SMARTS) is 1. The molecule has 0 saturated carbocycles. The van der Waals surface area contributed by atoms with Gasteiger partial charge >= 0.3 is 5.97 Å². The highest BCUT2D eigenvalue weighted by Gasteiger charge is 2.06. The molecule has 1 aliphatic rings. The molecule has 0 atom stereocenters. The first kappa shape index (κ1) is 8.26. The van der Waals surface area contributed by atoms with Crippen LogP contribution in [0.3, 0.4) is 0 Å². The molecule has 0 aromatic carbocycles. The molecule has 12 heavy (non-hydrogen) atoms. The molecule has 0 aromatic rings. The van der Waals surface area contributed by atoms with Gasteiger partial charge in [-0.05, 0) is 18.2 Å². The van der Waals surface area contributed by atoms with Gasteiger partial charge in [-0.3, -0.25) is 0 Å². The lowest BCUT2D eigenvalue weighted by Crippen LogP contribution is -2.11. The smallest absolute Gasteiger partial charge is 0.335 e. The molecular formula is C8H8N2O2. The number of hydrogen-bond acceptors (Lipinski definition) is 3. The molecule has 0 aliphatic carbocycles. The first-order chi connectivity index (χ1) is 5.74. The Kier molecular flexibility index (Phi) is 2.42. The maximum atomic E-state index is 10.5. The molecule has 3 N–H and O–H groups in total. The zero-order valence-corrected chi connectivity index (χ0v) is 6.24. The zero-order chi connectivity index (χ0) is 8.97. The minimum Gasteiger partial charge on any atom is -0.478 e. The molecule has 1 aliphatic heterocycles. The number of carboxylic acids is 1. The van der Waals surface area contributed by atoms with Crippen molar-refractivity contribution in [1.82, 2.24) is 5.32 Å². The van der Waals surface area contributed by atoms with Crippen LogP contribution in [-0.2, 0) is 4.79 Å². The van der Waals surface area contributed by atoms with E-state index in [4.69, 9.17) is 10.5 Å². The van der Waals surface area contributed by atoms with Gasteiger partial charge in [0.05, 0.1) is 5.57 Å². The van der Waals surface area contributed by atoms with Gasteiger partial charge in [0.2, 0.25) is 0 Å². The fourth-order valence-corrected chi connectivity index (χ4v) is 0.804. The zero-order valence-electron chi connectivity index (χ0n) is 6.24. The third-order valence-electron chi connectivity index (χ3n) is 1.33. The Labute approximate surface area is 69.4 Å². The van der Waals surface area contributed by atoms with Gasteiger partial charge in [0.1, 0.15) is 0 Å². The molecule has 1 rings (SSSR count). The maximum absolute atomic E-state index is 10.5. The van der Waals surface area contributed by atoms with Crippen LogP contribution < -0.4 is 5.32 Å². The minimum atomic E-state index is -0.969. The summed E-state index contributed by atoms with van der Waals surface area (Å²) in [6.45, 7) is 0. The van der Waals surface area contributed by atoms with Crippen LogP contribution >= 0.6 is 0 Å². The summed E-state index contributed by atoms with van der Waals surface area (Å²) in [5, 5.41) is 18.2. The summed E-state index contributed by atoms with van der Waals surface area (Å²) >= 11 is 0. The van der Waals surface area contributed by atoms with Gasteiger partial charge < -0.3 is 15.8 Å². The molecule has 0 fully saturated rings. The Morgan fingerprint density at radius 2 is 2.42 bits per heavy atom. The molecule has 62 valence electrons. The van der Waals surface area contributed by atoms with Crippen LogP contribution in [0.15, 0.2) is 35.7 Å². The van der Waals surface area contributed by atoms with Crippen LogP contribution in [0.5, 0.6) is 0 Å². The van der Waals surface area contributed by atoms with E-state index in [0.29, 0.717) is 5.70 Å². The Balaban J connectivity index is 2.89. The highest BCUT2D eigenvalue weighted by Crippen LogP contribution is 2.06. The summed E-state index contributed by atoms with van der Waals surface area (Å²) in [4.78, 5) is 10.5. The highest BCUT2D eigenvalue weighted by atomic mass is 16.4. The van der Waals surface area contributed by atoms with Crippen molar-refractivity contribution in [2.24, 2.45) is 0 Å². The van der Waals surface area contributed by atoms with E-state index in [1.165, 1.54) is 24.4 Å². The number of carbonyl (C=O) groups is 1. The predicted octanol–water partition coefficient (Wildman–Crippen LogP) is 0.648. The summed E-state index contributed by atoms with van der Waals surface area (Å²) in [6, 6.07) is 0. The van der Waals surface area contributed by atoms with Crippen molar-refractivity contribution in [3.05, 3.63) is 35.7 Å². The summed E-state index contributed by atoms with van der Waals surface area (Å²) in [5.74, 6) is -0.969. The SMILES string of the molecule is N=C/C=C1/C=C(C(=O)O)C=CN1. The molecule has 0 amide bonds. The monoisotopic (exact) mass is 164 g/mol. The Hall–Kier alpha value is -1.84. The average molecular weight is 164 g/mol. The molecule has 4 nitrogen and oxygen atoms in total. The second kappa shape index (κ2) is 3.52. The van der Waals surface area contributed by atoms with E-state index in [9.17, 15) is 4.79 Å². The first-order valence-corrected chi connectivity index (χ1v) is 3.33. The van der Waals surface area contributed by atoms with Crippen molar-refractivity contribution in [1.29, 1.82) is 5.41 Å². The summed E-state index contributed by atoms with van der Waals surface area (Å²) in [6.07, 6.45) is 7.03. The van der Waals surface area contributed by atoms with Crippen molar-refractivity contribution in [3.8, 4) is 0 Å². The van der Waals surface area contributed by atoms with Crippen molar-refractivity contribution in [3.63, 3.8) is 0 Å². The first-order valence-electron chi connectivity index (χ1n) is 3.33. The summed E-state index contributed by atoms with van der Waals surface area (Å²) in [7, 11) is 0. The number of nitrogens with one attached hydrogen (secondary N) is 2. The molecule has 0 radical (unpaired) electrons. The van der Waals surface area contributed by atoms with Gasteiger partial charge in [0.15, 0.2) is 0 Å². The van der Waals surface area contributed by atoms with E-state index < -0.39 is 5.97 Å². The molecule has 1 heterocycles. The van der Waals surface area contributed by atoms with Gasteiger partial charge in [-0.1, -0.05) is 0 Å². The second-order valence-electron chi connectivity index (χ2n) is 2.17. The Morgan fingerprint density at radius 1 is 1.67 bits per heavy atom. The van der Waals surface area contributed by atoms with Crippen LogP contribution in [0.1, 0.15) is 0 Å². The topological polar surface area (TPSA) is 73.2 Å². The third-order valence-corrected chi connectivity index (χ3v) is 1.33. The fraction of sp³-hybridized carbons (Fsp3) is 0. The van der Waals surface area contributed by atoms with Gasteiger partial charge in [0, 0.05) is 18.1 Å². The largest absolute Gasteiger partial charge is 0.478 e. The number of allylic oxidation sites excluding steroid dienone is 2. The summed E-state index contributed by atoms with van der Waals surface area (Å²) < 4.78 is 0. The molecule has 0 aromatic heterocycles. The molecular weight excluding hydrogens is 156 g/mol. The van der Waals surface area contributed by atoms with Crippen molar-refractivity contribution < 1.29 is 9.90 Å². The molecule has 0 saturated heterocycles. The van der Waals surface area contributed by atoms with Crippen molar-refractivity contribution in [2.75, 3.05) is 0 Å². The maximum Gasteiger partial charge on any atom is 0.335 e. The number of rotatable bonds is 2. The lowest BCUT2D eigenvalue weighted by atomic mass is 10.1. The number of aliphatic carboxylic acids is 1. The van der Waals surface area contributed by atoms with Crippen LogP contribution in [-0.4, -0.2) is 17.3 Å². The second-order valence-corrected chi connectivity index (χ2v) is 2.17. The van der Waals surface area contributed by atoms with Gasteiger partial charge in [-0.2, -0.15) is 0 Å². The van der Waals surface area contributed by atoms with E-state index in [0.717, 1.165) is 6.21 Å². The predicted molar refractivity (Wildman–Crippen MR) is 44.9 cm³/mol. The van der Waals surface area contributed by atoms with Gasteiger partial charge in [-0.25, -0.2) is 4.79 Å². The van der Waals surface area contributed by atoms with Gasteiger partial charge in [0.25, 0.3) is 0 Å². The van der Waals surface area contributed by atoms with Gasteiger partial charge in [-0.15, -0.1) is 0 Å². The van der Waals surface area contributed by atoms with E-state index in [-0.39, 0.29) is 5.57 Å². The normalized spacial score (nSPS) is 18.3. The van der Waals surface area contributed by atoms with Crippen molar-refractivity contribution >= 4 is 12.2 Å². The Bertz CT molecular complexity index is 300. The van der Waals surface area contributed by atoms with Crippen LogP contribution in [0.25, 0.3) is 0 Å². The standard InChI is InChI=1S/C8H8N2O2/c9-3-1-7-5-6(8(11)12)2-4-10-7/h1-5,9-10H,(H,11,12)/b7-1-,9-3?. The van der Waals surface area contributed by atoms with E-state index >= 15 is 0 Å². The van der Waals surface area contributed by atoms with Crippen LogP contribution in [0.2, 0.25) is 0 Å². The number of dihydropyridines is 1. The quantitative estimate of drug-likeness (QED) is 0.524. The lowest BCUT2D eigenvalue weighted by Gasteiger charge is -2.07. The third kappa shape index (κ3) is 1.82. The molecule has 0 unspecified atom stereocenters. The fourth-order valence-electron chi connectivity index (χ4n) is 0.804. The lowest BCUT2D eigenvalue weighted by molar-refractivity contribution is -0.132. The highest BCUT2D eigenvalue weighted by molar-refractivity contribution is 5.91. The van der Waals surface area contributed by atoms with Crippen LogP contribution in [0, 0.1) is 5.41 Å². The molecule has 0 spiro atoms. The summed E-state index contributed by atoms with van der Waals surface area (Å²) in [5.41, 5.74) is 0.812. The van der Waals surface area contributed by atoms with Crippen molar-refractivity contribution in [2.45, 2.75) is 0 Å². The number of hydrogen-bond donors (Lipinski definition) is 3. The van der Waals surface area contributed by atoms with E-state index in [2.05, 4.69) is 5.32 Å². The van der Waals surface area contributed by atoms with E-state index in [1.807, 2.05) is 0 Å². The van der Waals surface area contributed by atoms with Crippen LogP contribution in [0.4, 0.5) is 0 Å². The minimum absolute atomic E-state index is 0.210. The molecule has 0 bridgehead atoms. The Morgan fingerprint density at radius 3 is 3.00 bits per heavy atom. The molecule has 4 heteroatoms. The van der Waals surface area contributed by atoms with E-state index in [1.54, 1.807) is 0 Å².